The van der Waals surface area contributed by atoms with E-state index in [0.29, 0.717) is 6.07 Å². The molecule has 0 saturated heterocycles. The van der Waals surface area contributed by atoms with Gasteiger partial charge in [-0.25, -0.2) is 18.4 Å². The van der Waals surface area contributed by atoms with Crippen molar-refractivity contribution in [3.63, 3.8) is 0 Å². The summed E-state index contributed by atoms with van der Waals surface area (Å²) in [6.45, 7) is 1.20. The smallest absolute Gasteiger partial charge is 0.341 e. The summed E-state index contributed by atoms with van der Waals surface area (Å²) < 4.78 is 30.3. The summed E-state index contributed by atoms with van der Waals surface area (Å²) in [6.07, 6.45) is 0. The lowest BCUT2D eigenvalue weighted by Gasteiger charge is -2.07. The standard InChI is InChI=1S/C10H10FNO4.C7H6FNO3.CH4/c1-5(13)12-8-4-9(14)6(3-7(8)11)10(15)16-2;8-4-1-3(7(11)12)6(10)2-5(4)9;/h3-4,14H,1-2H3,(H,12,13);1-2,10H,9H2,(H,11,12);1H4. The molecule has 158 valence electrons. The Balaban J connectivity index is 0.000000542. The van der Waals surface area contributed by atoms with E-state index >= 15 is 0 Å². The van der Waals surface area contributed by atoms with Crippen LogP contribution < -0.4 is 11.1 Å². The van der Waals surface area contributed by atoms with Gasteiger partial charge in [0.1, 0.15) is 34.3 Å². The van der Waals surface area contributed by atoms with Gasteiger partial charge in [-0.1, -0.05) is 7.43 Å². The third kappa shape index (κ3) is 6.65. The molecular formula is C18H20F2N2O7. The summed E-state index contributed by atoms with van der Waals surface area (Å²) in [7, 11) is 1.11. The number of nitrogen functional groups attached to an aromatic ring is 1. The highest BCUT2D eigenvalue weighted by Gasteiger charge is 2.16. The summed E-state index contributed by atoms with van der Waals surface area (Å²) in [5.74, 6) is -5.42. The molecule has 11 heteroatoms. The van der Waals surface area contributed by atoms with Crippen molar-refractivity contribution in [2.75, 3.05) is 18.2 Å². The summed E-state index contributed by atoms with van der Waals surface area (Å²) in [4.78, 5) is 32.1. The Labute approximate surface area is 164 Å². The number of rotatable bonds is 3. The zero-order chi connectivity index (χ0) is 21.6. The predicted octanol–water partition coefficient (Wildman–Crippen LogP) is 2.72. The van der Waals surface area contributed by atoms with E-state index in [1.165, 1.54) is 6.92 Å². The molecule has 1 amide bonds. The first-order valence-electron chi connectivity index (χ1n) is 7.37. The van der Waals surface area contributed by atoms with Crippen LogP contribution in [-0.4, -0.2) is 40.3 Å². The number of aromatic hydroxyl groups is 2. The van der Waals surface area contributed by atoms with Crippen molar-refractivity contribution in [2.24, 2.45) is 0 Å². The van der Waals surface area contributed by atoms with E-state index in [1.54, 1.807) is 0 Å². The Bertz CT molecular complexity index is 933. The molecule has 0 bridgehead atoms. The molecule has 2 aromatic rings. The van der Waals surface area contributed by atoms with Crippen molar-refractivity contribution < 1.29 is 43.2 Å². The Kier molecular flexibility index (Phi) is 9.04. The molecule has 2 aromatic carbocycles. The minimum Gasteiger partial charge on any atom is -0.507 e. The number of anilines is 2. The van der Waals surface area contributed by atoms with Crippen LogP contribution in [-0.2, 0) is 9.53 Å². The van der Waals surface area contributed by atoms with Crippen molar-refractivity contribution in [1.29, 1.82) is 0 Å². The summed E-state index contributed by atoms with van der Waals surface area (Å²) in [5, 5.41) is 29.0. The zero-order valence-electron chi connectivity index (χ0n) is 14.6. The molecule has 0 aliphatic carbocycles. The molecule has 2 rings (SSSR count). The van der Waals surface area contributed by atoms with E-state index < -0.39 is 46.5 Å². The van der Waals surface area contributed by atoms with Crippen molar-refractivity contribution >= 4 is 29.2 Å². The molecule has 6 N–H and O–H groups in total. The van der Waals surface area contributed by atoms with Crippen molar-refractivity contribution in [3.8, 4) is 11.5 Å². The number of carboxylic acid groups (broad SMARTS) is 1. The maximum atomic E-state index is 13.4. The highest BCUT2D eigenvalue weighted by molar-refractivity contribution is 5.95. The largest absolute Gasteiger partial charge is 0.507 e. The average Bonchev–Trinajstić information content (AvgIpc) is 2.60. The number of nitrogens with one attached hydrogen (secondary N) is 1. The summed E-state index contributed by atoms with van der Waals surface area (Å²) in [5.41, 5.74) is 3.79. The Hall–Kier alpha value is -3.89. The minimum absolute atomic E-state index is 0. The van der Waals surface area contributed by atoms with Crippen LogP contribution in [0.25, 0.3) is 0 Å². The summed E-state index contributed by atoms with van der Waals surface area (Å²) in [6, 6.07) is 3.28. The number of methoxy groups -OCH3 is 1. The molecule has 0 spiro atoms. The van der Waals surface area contributed by atoms with Gasteiger partial charge in [-0.05, 0) is 12.1 Å². The maximum absolute atomic E-state index is 13.4. The van der Waals surface area contributed by atoms with E-state index in [0.717, 1.165) is 25.3 Å². The molecule has 0 heterocycles. The zero-order valence-corrected chi connectivity index (χ0v) is 14.6. The second kappa shape index (κ2) is 10.4. The van der Waals surface area contributed by atoms with Gasteiger partial charge < -0.3 is 31.1 Å². The number of phenols is 2. The molecule has 29 heavy (non-hydrogen) atoms. The normalized spacial score (nSPS) is 9.38. The number of halogens is 2. The Morgan fingerprint density at radius 2 is 1.52 bits per heavy atom. The minimum atomic E-state index is -1.40. The van der Waals surface area contributed by atoms with Gasteiger partial charge in [-0.2, -0.15) is 0 Å². The van der Waals surface area contributed by atoms with E-state index in [-0.39, 0.29) is 24.4 Å². The average molecular weight is 414 g/mol. The monoisotopic (exact) mass is 414 g/mol. The quantitative estimate of drug-likeness (QED) is 0.379. The fourth-order valence-electron chi connectivity index (χ4n) is 1.87. The predicted molar refractivity (Wildman–Crippen MR) is 99.9 cm³/mol. The highest BCUT2D eigenvalue weighted by Crippen LogP contribution is 2.26. The number of benzene rings is 2. The number of aromatic carboxylic acids is 1. The first kappa shape index (κ1) is 25.1. The van der Waals surface area contributed by atoms with Crippen LogP contribution in [0.4, 0.5) is 20.2 Å². The molecule has 0 aromatic heterocycles. The lowest BCUT2D eigenvalue weighted by atomic mass is 10.1. The second-order valence-corrected chi connectivity index (χ2v) is 5.22. The van der Waals surface area contributed by atoms with Gasteiger partial charge >= 0.3 is 11.9 Å². The fourth-order valence-corrected chi connectivity index (χ4v) is 1.87. The number of esters is 1. The van der Waals surface area contributed by atoms with Gasteiger partial charge in [-0.3, -0.25) is 4.79 Å². The second-order valence-electron chi connectivity index (χ2n) is 5.22. The number of carbonyl (C=O) groups is 3. The first-order chi connectivity index (χ1) is 13.0. The van der Waals surface area contributed by atoms with Gasteiger partial charge in [0.25, 0.3) is 0 Å². The number of nitrogens with two attached hydrogens (primary N) is 1. The third-order valence-electron chi connectivity index (χ3n) is 3.15. The van der Waals surface area contributed by atoms with E-state index in [2.05, 4.69) is 10.1 Å². The van der Waals surface area contributed by atoms with Crippen LogP contribution in [0.3, 0.4) is 0 Å². The molecule has 0 aliphatic rings. The molecule has 0 aliphatic heterocycles. The highest BCUT2D eigenvalue weighted by atomic mass is 19.1. The van der Waals surface area contributed by atoms with Crippen LogP contribution >= 0.6 is 0 Å². The number of amides is 1. The van der Waals surface area contributed by atoms with E-state index in [1.807, 2.05) is 0 Å². The van der Waals surface area contributed by atoms with Gasteiger partial charge in [-0.15, -0.1) is 0 Å². The number of carboxylic acids is 1. The van der Waals surface area contributed by atoms with E-state index in [4.69, 9.17) is 15.9 Å². The first-order valence-corrected chi connectivity index (χ1v) is 7.37. The number of ether oxygens (including phenoxy) is 1. The number of hydrogen-bond donors (Lipinski definition) is 5. The fraction of sp³-hybridized carbons (Fsp3) is 0.167. The van der Waals surface area contributed by atoms with Crippen LogP contribution in [0.15, 0.2) is 24.3 Å². The number of phenolic OH excluding ortho intramolecular Hbond substituents is 1. The van der Waals surface area contributed by atoms with Crippen LogP contribution in [0.5, 0.6) is 11.5 Å². The van der Waals surface area contributed by atoms with Gasteiger partial charge in [0.15, 0.2) is 0 Å². The summed E-state index contributed by atoms with van der Waals surface area (Å²) >= 11 is 0. The van der Waals surface area contributed by atoms with Crippen LogP contribution in [0, 0.1) is 11.6 Å². The molecule has 9 nitrogen and oxygen atoms in total. The topological polar surface area (TPSA) is 159 Å². The lowest BCUT2D eigenvalue weighted by molar-refractivity contribution is -0.114. The molecule has 0 fully saturated rings. The third-order valence-corrected chi connectivity index (χ3v) is 3.15. The SMILES string of the molecule is C.COC(=O)c1cc(F)c(NC(C)=O)cc1O.Nc1cc(O)c(C(=O)O)cc1F. The number of carbonyl (C=O) groups excluding carboxylic acids is 2. The van der Waals surface area contributed by atoms with E-state index in [9.17, 15) is 28.3 Å². The van der Waals surface area contributed by atoms with Gasteiger partial charge in [0.2, 0.25) is 5.91 Å². The van der Waals surface area contributed by atoms with Crippen LogP contribution in [0.2, 0.25) is 0 Å². The van der Waals surface area contributed by atoms with Gasteiger partial charge in [0, 0.05) is 19.1 Å². The Morgan fingerprint density at radius 1 is 1.00 bits per heavy atom. The lowest BCUT2D eigenvalue weighted by Crippen LogP contribution is -2.09. The molecule has 0 unspecified atom stereocenters. The van der Waals surface area contributed by atoms with Crippen molar-refractivity contribution in [2.45, 2.75) is 14.4 Å². The molecule has 0 saturated carbocycles. The molecule has 0 radical (unpaired) electrons. The molecule has 0 atom stereocenters. The molecular weight excluding hydrogens is 394 g/mol. The van der Waals surface area contributed by atoms with Crippen molar-refractivity contribution in [1.82, 2.24) is 0 Å². The maximum Gasteiger partial charge on any atom is 0.341 e. The van der Waals surface area contributed by atoms with Crippen LogP contribution in [0.1, 0.15) is 35.1 Å². The Morgan fingerprint density at radius 3 is 2.00 bits per heavy atom. The number of hydrogen-bond acceptors (Lipinski definition) is 7. The van der Waals surface area contributed by atoms with Crippen molar-refractivity contribution in [3.05, 3.63) is 47.0 Å². The van der Waals surface area contributed by atoms with Gasteiger partial charge in [0.05, 0.1) is 18.5 Å².